The van der Waals surface area contributed by atoms with E-state index in [0.29, 0.717) is 16.9 Å². The van der Waals surface area contributed by atoms with Crippen LogP contribution in [0.2, 0.25) is 0 Å². The fourth-order valence-electron chi connectivity index (χ4n) is 2.19. The van der Waals surface area contributed by atoms with E-state index in [-0.39, 0.29) is 5.91 Å². The van der Waals surface area contributed by atoms with Gasteiger partial charge in [0.15, 0.2) is 0 Å². The van der Waals surface area contributed by atoms with Crippen molar-refractivity contribution in [1.82, 2.24) is 0 Å². The van der Waals surface area contributed by atoms with E-state index in [4.69, 9.17) is 5.73 Å². The lowest BCUT2D eigenvalue weighted by molar-refractivity contribution is 0.102. The molecule has 3 heteroatoms. The molecule has 20 heavy (non-hydrogen) atoms. The van der Waals surface area contributed by atoms with Crippen molar-refractivity contribution >= 4 is 17.3 Å². The van der Waals surface area contributed by atoms with Crippen molar-refractivity contribution < 1.29 is 4.79 Å². The minimum Gasteiger partial charge on any atom is -0.397 e. The van der Waals surface area contributed by atoms with E-state index in [1.807, 2.05) is 57.2 Å². The van der Waals surface area contributed by atoms with Gasteiger partial charge in [0, 0.05) is 5.56 Å². The monoisotopic (exact) mass is 268 g/mol. The van der Waals surface area contributed by atoms with E-state index in [0.717, 1.165) is 23.1 Å². The largest absolute Gasteiger partial charge is 0.397 e. The van der Waals surface area contributed by atoms with E-state index in [9.17, 15) is 4.79 Å². The minimum atomic E-state index is -0.114. The standard InChI is InChI=1S/C17H20N2O/c1-4-13-7-5-6-8-14(13)17(20)19-16-10-12(3)11(2)9-15(16)18/h5-10H,4,18H2,1-3H3,(H,19,20). The van der Waals surface area contributed by atoms with Gasteiger partial charge in [0.25, 0.3) is 5.91 Å². The number of carbonyl (C=O) groups excluding carboxylic acids is 1. The number of anilines is 2. The molecule has 0 radical (unpaired) electrons. The summed E-state index contributed by atoms with van der Waals surface area (Å²) in [5.41, 5.74) is 11.2. The van der Waals surface area contributed by atoms with Gasteiger partial charge in [-0.1, -0.05) is 25.1 Å². The lowest BCUT2D eigenvalue weighted by Gasteiger charge is -2.12. The van der Waals surface area contributed by atoms with Crippen molar-refractivity contribution in [3.8, 4) is 0 Å². The predicted octanol–water partition coefficient (Wildman–Crippen LogP) is 3.70. The molecule has 3 nitrogen and oxygen atoms in total. The number of rotatable bonds is 3. The molecule has 2 aromatic carbocycles. The van der Waals surface area contributed by atoms with E-state index >= 15 is 0 Å². The Hall–Kier alpha value is -2.29. The molecule has 0 aromatic heterocycles. The maximum Gasteiger partial charge on any atom is 0.255 e. The number of nitrogens with two attached hydrogens (primary N) is 1. The van der Waals surface area contributed by atoms with Crippen LogP contribution in [0.15, 0.2) is 36.4 Å². The van der Waals surface area contributed by atoms with Gasteiger partial charge in [-0.2, -0.15) is 0 Å². The smallest absolute Gasteiger partial charge is 0.255 e. The Balaban J connectivity index is 2.30. The van der Waals surface area contributed by atoms with Crippen molar-refractivity contribution in [3.63, 3.8) is 0 Å². The predicted molar refractivity (Wildman–Crippen MR) is 84.1 cm³/mol. The number of benzene rings is 2. The van der Waals surface area contributed by atoms with E-state index in [1.54, 1.807) is 0 Å². The summed E-state index contributed by atoms with van der Waals surface area (Å²) in [6.07, 6.45) is 0.825. The number of nitrogen functional groups attached to an aromatic ring is 1. The zero-order valence-corrected chi connectivity index (χ0v) is 12.2. The van der Waals surface area contributed by atoms with E-state index in [2.05, 4.69) is 5.32 Å². The van der Waals surface area contributed by atoms with Crippen LogP contribution in [0.4, 0.5) is 11.4 Å². The summed E-state index contributed by atoms with van der Waals surface area (Å²) in [6.45, 7) is 6.05. The average Bonchev–Trinajstić information content (AvgIpc) is 2.44. The molecule has 104 valence electrons. The highest BCUT2D eigenvalue weighted by molar-refractivity contribution is 6.06. The zero-order valence-electron chi connectivity index (χ0n) is 12.2. The Morgan fingerprint density at radius 3 is 2.50 bits per heavy atom. The maximum atomic E-state index is 12.4. The number of aryl methyl sites for hydroxylation is 3. The fraction of sp³-hybridized carbons (Fsp3) is 0.235. The van der Waals surface area contributed by atoms with Gasteiger partial charge in [0.1, 0.15) is 0 Å². The Labute approximate surface area is 119 Å². The van der Waals surface area contributed by atoms with Gasteiger partial charge >= 0.3 is 0 Å². The summed E-state index contributed by atoms with van der Waals surface area (Å²) in [6, 6.07) is 11.4. The highest BCUT2D eigenvalue weighted by atomic mass is 16.1. The normalized spacial score (nSPS) is 10.3. The summed E-state index contributed by atoms with van der Waals surface area (Å²) >= 11 is 0. The average molecular weight is 268 g/mol. The molecule has 0 fully saturated rings. The third-order valence-corrected chi connectivity index (χ3v) is 3.56. The number of carbonyl (C=O) groups is 1. The number of hydrogen-bond donors (Lipinski definition) is 2. The SMILES string of the molecule is CCc1ccccc1C(=O)Nc1cc(C)c(C)cc1N. The van der Waals surface area contributed by atoms with E-state index in [1.165, 1.54) is 0 Å². The van der Waals surface area contributed by atoms with E-state index < -0.39 is 0 Å². The highest BCUT2D eigenvalue weighted by Crippen LogP contribution is 2.24. The molecular formula is C17H20N2O. The van der Waals surface area contributed by atoms with Gasteiger partial charge < -0.3 is 11.1 Å². The molecule has 3 N–H and O–H groups in total. The lowest BCUT2D eigenvalue weighted by atomic mass is 10.0. The summed E-state index contributed by atoms with van der Waals surface area (Å²) in [5, 5.41) is 2.91. The molecule has 0 aliphatic rings. The summed E-state index contributed by atoms with van der Waals surface area (Å²) in [5.74, 6) is -0.114. The second kappa shape index (κ2) is 5.78. The molecule has 2 aromatic rings. The third kappa shape index (κ3) is 2.82. The summed E-state index contributed by atoms with van der Waals surface area (Å²) < 4.78 is 0. The van der Waals surface area contributed by atoms with Crippen LogP contribution in [0.1, 0.15) is 34.0 Å². The second-order valence-electron chi connectivity index (χ2n) is 4.99. The number of hydrogen-bond acceptors (Lipinski definition) is 2. The van der Waals surface area contributed by atoms with Gasteiger partial charge in [-0.05, 0) is 55.2 Å². The fourth-order valence-corrected chi connectivity index (χ4v) is 2.19. The van der Waals surface area contributed by atoms with Crippen molar-refractivity contribution in [2.24, 2.45) is 0 Å². The molecule has 0 aliphatic carbocycles. The van der Waals surface area contributed by atoms with Crippen LogP contribution in [0.5, 0.6) is 0 Å². The lowest BCUT2D eigenvalue weighted by Crippen LogP contribution is -2.15. The maximum absolute atomic E-state index is 12.4. The van der Waals surface area contributed by atoms with Crippen LogP contribution in [0, 0.1) is 13.8 Å². The molecule has 1 amide bonds. The Bertz CT molecular complexity index is 647. The first-order chi connectivity index (χ1) is 9.52. The van der Waals surface area contributed by atoms with Gasteiger partial charge in [-0.3, -0.25) is 4.79 Å². The zero-order chi connectivity index (χ0) is 14.7. The van der Waals surface area contributed by atoms with Crippen LogP contribution in [-0.4, -0.2) is 5.91 Å². The topological polar surface area (TPSA) is 55.1 Å². The Morgan fingerprint density at radius 1 is 1.15 bits per heavy atom. The number of nitrogens with one attached hydrogen (secondary N) is 1. The molecule has 0 spiro atoms. The number of amides is 1. The third-order valence-electron chi connectivity index (χ3n) is 3.56. The molecule has 0 bridgehead atoms. The van der Waals surface area contributed by atoms with Crippen LogP contribution < -0.4 is 11.1 Å². The minimum absolute atomic E-state index is 0.114. The molecular weight excluding hydrogens is 248 g/mol. The van der Waals surface area contributed by atoms with Crippen molar-refractivity contribution in [1.29, 1.82) is 0 Å². The second-order valence-corrected chi connectivity index (χ2v) is 4.99. The van der Waals surface area contributed by atoms with Gasteiger partial charge in [0.05, 0.1) is 11.4 Å². The van der Waals surface area contributed by atoms with Crippen LogP contribution in [0.3, 0.4) is 0 Å². The van der Waals surface area contributed by atoms with Crippen LogP contribution >= 0.6 is 0 Å². The van der Waals surface area contributed by atoms with Crippen molar-refractivity contribution in [3.05, 3.63) is 58.7 Å². The molecule has 0 saturated heterocycles. The van der Waals surface area contributed by atoms with Crippen LogP contribution in [-0.2, 0) is 6.42 Å². The first-order valence-corrected chi connectivity index (χ1v) is 6.79. The molecule has 0 saturated carbocycles. The molecule has 0 heterocycles. The van der Waals surface area contributed by atoms with Gasteiger partial charge in [-0.15, -0.1) is 0 Å². The highest BCUT2D eigenvalue weighted by Gasteiger charge is 2.12. The molecule has 0 atom stereocenters. The summed E-state index contributed by atoms with van der Waals surface area (Å²) in [4.78, 5) is 12.4. The van der Waals surface area contributed by atoms with Gasteiger partial charge in [-0.25, -0.2) is 0 Å². The Morgan fingerprint density at radius 2 is 1.80 bits per heavy atom. The van der Waals surface area contributed by atoms with Crippen molar-refractivity contribution in [2.75, 3.05) is 11.1 Å². The quantitative estimate of drug-likeness (QED) is 0.834. The molecule has 0 unspecified atom stereocenters. The van der Waals surface area contributed by atoms with Gasteiger partial charge in [0.2, 0.25) is 0 Å². The Kier molecular flexibility index (Phi) is 4.08. The molecule has 0 aliphatic heterocycles. The first kappa shape index (κ1) is 14.1. The first-order valence-electron chi connectivity index (χ1n) is 6.79. The van der Waals surface area contributed by atoms with Crippen molar-refractivity contribution in [2.45, 2.75) is 27.2 Å². The summed E-state index contributed by atoms with van der Waals surface area (Å²) in [7, 11) is 0. The molecule has 2 rings (SSSR count). The van der Waals surface area contributed by atoms with Crippen LogP contribution in [0.25, 0.3) is 0 Å².